The average molecular weight is 108 g/mol. The van der Waals surface area contributed by atoms with Crippen LogP contribution in [-0.2, 0) is 4.79 Å². The molecule has 0 heterocycles. The molecule has 0 aromatic carbocycles. The molecule has 2 nitrogen and oxygen atoms in total. The Kier molecular flexibility index (Phi) is 21.0. The lowest BCUT2D eigenvalue weighted by Crippen LogP contribution is -1.82. The summed E-state index contributed by atoms with van der Waals surface area (Å²) in [4.78, 5) is 9.25. The van der Waals surface area contributed by atoms with Crippen molar-refractivity contribution in [2.45, 2.75) is 7.43 Å². The van der Waals surface area contributed by atoms with Crippen molar-refractivity contribution in [2.24, 2.45) is 0 Å². The number of carboxylic acids is 1. The van der Waals surface area contributed by atoms with E-state index in [0.717, 1.165) is 6.08 Å². The van der Waals surface area contributed by atoms with E-state index in [2.05, 4.69) is 6.58 Å². The number of carboxylic acid groups (broad SMARTS) is 1. The topological polar surface area (TPSA) is 37.3 Å². The minimum Gasteiger partial charge on any atom is -0.478 e. The molecule has 0 amide bonds. The van der Waals surface area contributed by atoms with Crippen molar-refractivity contribution < 1.29 is 14.6 Å². The van der Waals surface area contributed by atoms with Crippen molar-refractivity contribution in [1.82, 2.24) is 0 Å². The van der Waals surface area contributed by atoms with Crippen LogP contribution >= 0.6 is 0 Å². The quantitative estimate of drug-likeness (QED) is 0.509. The zero-order chi connectivity index (χ0) is 4.28. The minimum absolute atomic E-state index is 0. The monoisotopic (exact) mass is 108 g/mol. The summed E-state index contributed by atoms with van der Waals surface area (Å²) in [5.41, 5.74) is 0. The summed E-state index contributed by atoms with van der Waals surface area (Å²) in [5, 5.41) is 7.60. The van der Waals surface area contributed by atoms with Crippen LogP contribution in [0.1, 0.15) is 7.43 Å². The van der Waals surface area contributed by atoms with Gasteiger partial charge in [0.1, 0.15) is 0 Å². The number of hydrogen-bond acceptors (Lipinski definition) is 1. The van der Waals surface area contributed by atoms with Gasteiger partial charge in [-0.25, -0.2) is 4.79 Å². The Labute approximate surface area is 41.8 Å². The smallest absolute Gasteiger partial charge is 0.327 e. The predicted molar refractivity (Wildman–Crippen MR) is 27.1 cm³/mol. The maximum Gasteiger partial charge on any atom is 0.327 e. The van der Waals surface area contributed by atoms with Crippen molar-refractivity contribution in [3.63, 3.8) is 0 Å². The number of carbonyl (C=O) groups is 1. The Bertz CT molecular complexity index is 60.7. The Morgan fingerprint density at radius 2 is 1.86 bits per heavy atom. The van der Waals surface area contributed by atoms with Crippen LogP contribution in [0.3, 0.4) is 0 Å². The van der Waals surface area contributed by atoms with Crippen LogP contribution in [0.2, 0.25) is 0 Å². The molecule has 1 N–H and O–H groups in total. The Hall–Kier alpha value is -0.860. The third kappa shape index (κ3) is 39.0. The van der Waals surface area contributed by atoms with Gasteiger partial charge in [-0.2, -0.15) is 0 Å². The molecule has 0 aliphatic carbocycles. The maximum atomic E-state index is 9.25. The van der Waals surface area contributed by atoms with E-state index in [1.165, 1.54) is 0 Å². The molecule has 0 saturated heterocycles. The second-order valence-electron chi connectivity index (χ2n) is 0.542. The SMILES string of the molecule is C.C=CC(=O)O.F. The summed E-state index contributed by atoms with van der Waals surface area (Å²) >= 11 is 0. The summed E-state index contributed by atoms with van der Waals surface area (Å²) < 4.78 is 0. The molecule has 7 heavy (non-hydrogen) atoms. The van der Waals surface area contributed by atoms with Gasteiger partial charge in [0, 0.05) is 6.08 Å². The van der Waals surface area contributed by atoms with Gasteiger partial charge in [-0.1, -0.05) is 14.0 Å². The second-order valence-corrected chi connectivity index (χ2v) is 0.542. The molecule has 0 aromatic rings. The standard InChI is InChI=1S/C3H4O2.CH4.FH/c1-2-3(4)5;;/h2H,1H2,(H,4,5);1H4;1H. The van der Waals surface area contributed by atoms with E-state index >= 15 is 0 Å². The van der Waals surface area contributed by atoms with Crippen LogP contribution in [-0.4, -0.2) is 11.1 Å². The van der Waals surface area contributed by atoms with Gasteiger partial charge < -0.3 is 5.11 Å². The Morgan fingerprint density at radius 1 is 1.71 bits per heavy atom. The van der Waals surface area contributed by atoms with Gasteiger partial charge in [0.15, 0.2) is 0 Å². The molecule has 0 rings (SSSR count). The Morgan fingerprint density at radius 3 is 1.86 bits per heavy atom. The first-order valence-corrected chi connectivity index (χ1v) is 1.12. The van der Waals surface area contributed by atoms with E-state index in [1.807, 2.05) is 0 Å². The minimum atomic E-state index is -0.981. The van der Waals surface area contributed by atoms with Crippen LogP contribution in [0.4, 0.5) is 4.70 Å². The zero-order valence-corrected chi connectivity index (χ0v) is 3.05. The third-order valence-electron chi connectivity index (χ3n) is 0.175. The fraction of sp³-hybridized carbons (Fsp3) is 0.250. The highest BCUT2D eigenvalue weighted by atomic mass is 19.0. The van der Waals surface area contributed by atoms with Crippen LogP contribution in [0.5, 0.6) is 0 Å². The van der Waals surface area contributed by atoms with E-state index in [1.54, 1.807) is 0 Å². The van der Waals surface area contributed by atoms with Crippen molar-refractivity contribution in [3.8, 4) is 0 Å². The molecule has 0 unspecified atom stereocenters. The van der Waals surface area contributed by atoms with Gasteiger partial charge in [0.05, 0.1) is 0 Å². The molecule has 0 bridgehead atoms. The number of rotatable bonds is 1. The summed E-state index contributed by atoms with van der Waals surface area (Å²) in [6.07, 6.45) is 0.833. The molecule has 0 spiro atoms. The van der Waals surface area contributed by atoms with Crippen LogP contribution < -0.4 is 0 Å². The van der Waals surface area contributed by atoms with Gasteiger partial charge in [0.25, 0.3) is 0 Å². The predicted octanol–water partition coefficient (Wildman–Crippen LogP) is 1.05. The number of hydrogen-bond donors (Lipinski definition) is 1. The molecule has 0 radical (unpaired) electrons. The van der Waals surface area contributed by atoms with Crippen LogP contribution in [0.15, 0.2) is 12.7 Å². The maximum absolute atomic E-state index is 9.25. The highest BCUT2D eigenvalue weighted by molar-refractivity contribution is 5.78. The van der Waals surface area contributed by atoms with Crippen molar-refractivity contribution in [1.29, 1.82) is 0 Å². The summed E-state index contributed by atoms with van der Waals surface area (Å²) in [5.74, 6) is -0.981. The first-order chi connectivity index (χ1) is 2.27. The summed E-state index contributed by atoms with van der Waals surface area (Å²) in [6.45, 7) is 2.96. The van der Waals surface area contributed by atoms with Gasteiger partial charge >= 0.3 is 5.97 Å². The van der Waals surface area contributed by atoms with Gasteiger partial charge in [-0.05, 0) is 0 Å². The molecule has 0 aliphatic rings. The number of halogens is 1. The molecule has 0 aliphatic heterocycles. The van der Waals surface area contributed by atoms with E-state index in [-0.39, 0.29) is 12.1 Å². The second kappa shape index (κ2) is 8.94. The molecule has 3 heteroatoms. The van der Waals surface area contributed by atoms with Gasteiger partial charge in [0.2, 0.25) is 0 Å². The highest BCUT2D eigenvalue weighted by Crippen LogP contribution is 1.54. The fourth-order valence-electron chi connectivity index (χ4n) is 0. The summed E-state index contributed by atoms with van der Waals surface area (Å²) in [7, 11) is 0. The lowest BCUT2D eigenvalue weighted by atomic mass is 10.7. The lowest BCUT2D eigenvalue weighted by Gasteiger charge is -1.64. The average Bonchev–Trinajstić information content (AvgIpc) is 1.38. The van der Waals surface area contributed by atoms with E-state index in [0.29, 0.717) is 0 Å². The van der Waals surface area contributed by atoms with E-state index in [4.69, 9.17) is 5.11 Å². The molecular formula is C4H9FO2. The highest BCUT2D eigenvalue weighted by Gasteiger charge is 1.73. The first-order valence-electron chi connectivity index (χ1n) is 1.12. The zero-order valence-electron chi connectivity index (χ0n) is 3.05. The van der Waals surface area contributed by atoms with E-state index < -0.39 is 5.97 Å². The van der Waals surface area contributed by atoms with Gasteiger partial charge in [-0.3, -0.25) is 4.70 Å². The van der Waals surface area contributed by atoms with Crippen LogP contribution in [0, 0.1) is 0 Å². The van der Waals surface area contributed by atoms with Gasteiger partial charge in [-0.15, -0.1) is 0 Å². The number of aliphatic carboxylic acids is 1. The fourth-order valence-corrected chi connectivity index (χ4v) is 0. The molecule has 44 valence electrons. The molecular weight excluding hydrogens is 99.0 g/mol. The normalized spacial score (nSPS) is 4.57. The molecule has 0 atom stereocenters. The van der Waals surface area contributed by atoms with Crippen molar-refractivity contribution in [3.05, 3.63) is 12.7 Å². The van der Waals surface area contributed by atoms with Crippen LogP contribution in [0.25, 0.3) is 0 Å². The Balaban J connectivity index is -0.0000000800. The van der Waals surface area contributed by atoms with Crippen molar-refractivity contribution >= 4 is 5.97 Å². The first kappa shape index (κ1) is 16.5. The summed E-state index contributed by atoms with van der Waals surface area (Å²) in [6, 6.07) is 0. The van der Waals surface area contributed by atoms with Crippen molar-refractivity contribution in [2.75, 3.05) is 0 Å². The van der Waals surface area contributed by atoms with E-state index in [9.17, 15) is 4.79 Å². The third-order valence-corrected chi connectivity index (χ3v) is 0.175. The lowest BCUT2D eigenvalue weighted by molar-refractivity contribution is -0.131. The molecule has 0 aromatic heterocycles. The molecule has 0 saturated carbocycles. The largest absolute Gasteiger partial charge is 0.478 e. The molecule has 0 fully saturated rings.